The van der Waals surface area contributed by atoms with Gasteiger partial charge >= 0.3 is 0 Å². The summed E-state index contributed by atoms with van der Waals surface area (Å²) < 4.78 is 8.66. The highest BCUT2D eigenvalue weighted by Gasteiger charge is 1.90. The van der Waals surface area contributed by atoms with Gasteiger partial charge in [0, 0.05) is 0 Å². The van der Waals surface area contributed by atoms with E-state index in [0.717, 1.165) is 0 Å². The van der Waals surface area contributed by atoms with Gasteiger partial charge in [0.2, 0.25) is 6.20 Å². The van der Waals surface area contributed by atoms with Crippen LogP contribution < -0.4 is 4.74 Å². The summed E-state index contributed by atoms with van der Waals surface area (Å²) >= 11 is 0. The quantitative estimate of drug-likeness (QED) is 0.492. The summed E-state index contributed by atoms with van der Waals surface area (Å²) in [6.07, 6.45) is 2.34. The molecule has 1 rings (SSSR count). The fraction of sp³-hybridized carbons (Fsp3) is 0.333. The fourth-order valence-electron chi connectivity index (χ4n) is 0.220. The fourth-order valence-corrected chi connectivity index (χ4v) is 0.220. The topological polar surface area (TPSA) is 48.2 Å². The monoisotopic (exact) mass is 99.0 g/mol. The van der Waals surface area contributed by atoms with Crippen LogP contribution in [0.25, 0.3) is 0 Å². The molecule has 0 saturated heterocycles. The van der Waals surface area contributed by atoms with E-state index in [1.807, 2.05) is 0 Å². The number of hydrogen-bond donors (Lipinski definition) is 0. The molecule has 0 saturated carbocycles. The smallest absolute Gasteiger partial charge is 0.285 e. The van der Waals surface area contributed by atoms with Crippen LogP contribution in [0.5, 0.6) is 5.88 Å². The van der Waals surface area contributed by atoms with E-state index in [0.29, 0.717) is 0 Å². The standard InChI is InChI=1S/C3H3N2O2/c1-6-3-2-4-7-5-3/h1H3. The zero-order chi connectivity index (χ0) is 5.11. The summed E-state index contributed by atoms with van der Waals surface area (Å²) in [5, 5.41) is 6.43. The molecule has 0 amide bonds. The van der Waals surface area contributed by atoms with Crippen LogP contribution >= 0.6 is 0 Å². The van der Waals surface area contributed by atoms with Crippen LogP contribution in [0.3, 0.4) is 0 Å². The lowest BCUT2D eigenvalue weighted by Gasteiger charge is -1.80. The Hall–Kier alpha value is -1.06. The SMILES string of the molecule is COc1[c]non1. The zero-order valence-electron chi connectivity index (χ0n) is 3.71. The van der Waals surface area contributed by atoms with Crippen LogP contribution in [-0.4, -0.2) is 17.4 Å². The summed E-state index contributed by atoms with van der Waals surface area (Å²) in [5.74, 6) is 0.278. The average Bonchev–Trinajstić information content (AvgIpc) is 2.14. The third-order valence-corrected chi connectivity index (χ3v) is 0.499. The van der Waals surface area contributed by atoms with Crippen molar-refractivity contribution in [2.24, 2.45) is 0 Å². The Labute approximate surface area is 40.0 Å². The Morgan fingerprint density at radius 2 is 2.71 bits per heavy atom. The number of hydrogen-bond acceptors (Lipinski definition) is 4. The van der Waals surface area contributed by atoms with Gasteiger partial charge in [0.1, 0.15) is 0 Å². The predicted molar refractivity (Wildman–Crippen MR) is 19.7 cm³/mol. The van der Waals surface area contributed by atoms with Gasteiger partial charge in [-0.1, -0.05) is 0 Å². The molecule has 0 aromatic carbocycles. The van der Waals surface area contributed by atoms with Gasteiger partial charge in [-0.3, -0.25) is 0 Å². The zero-order valence-corrected chi connectivity index (χ0v) is 3.71. The van der Waals surface area contributed by atoms with Gasteiger partial charge in [0.15, 0.2) is 0 Å². The molecule has 0 spiro atoms. The van der Waals surface area contributed by atoms with Crippen LogP contribution in [-0.2, 0) is 0 Å². The predicted octanol–water partition coefficient (Wildman–Crippen LogP) is -0.122. The van der Waals surface area contributed by atoms with E-state index in [9.17, 15) is 0 Å². The number of aromatic nitrogens is 2. The van der Waals surface area contributed by atoms with E-state index in [-0.39, 0.29) is 5.88 Å². The van der Waals surface area contributed by atoms with Crippen LogP contribution in [0.4, 0.5) is 0 Å². The van der Waals surface area contributed by atoms with Crippen molar-refractivity contribution < 1.29 is 9.37 Å². The lowest BCUT2D eigenvalue weighted by atomic mass is 10.9. The van der Waals surface area contributed by atoms with Crippen molar-refractivity contribution in [3.63, 3.8) is 0 Å². The van der Waals surface area contributed by atoms with Crippen LogP contribution in [0.1, 0.15) is 0 Å². The Morgan fingerprint density at radius 1 is 1.86 bits per heavy atom. The van der Waals surface area contributed by atoms with Gasteiger partial charge in [-0.25, -0.2) is 4.63 Å². The van der Waals surface area contributed by atoms with E-state index < -0.39 is 0 Å². The summed E-state index contributed by atoms with van der Waals surface area (Å²) in [6, 6.07) is 0. The first-order valence-corrected chi connectivity index (χ1v) is 1.67. The van der Waals surface area contributed by atoms with Gasteiger partial charge in [-0.15, -0.1) is 0 Å². The molecule has 4 nitrogen and oxygen atoms in total. The summed E-state index contributed by atoms with van der Waals surface area (Å²) in [6.45, 7) is 0. The van der Waals surface area contributed by atoms with Crippen molar-refractivity contribution in [1.82, 2.24) is 10.3 Å². The minimum atomic E-state index is 0.278. The Kier molecular flexibility index (Phi) is 0.934. The Bertz CT molecular complexity index is 125. The molecule has 7 heavy (non-hydrogen) atoms. The molecule has 1 radical (unpaired) electrons. The van der Waals surface area contributed by atoms with Crippen LogP contribution in [0.15, 0.2) is 4.63 Å². The number of methoxy groups -OCH3 is 1. The third kappa shape index (κ3) is 0.677. The van der Waals surface area contributed by atoms with Crippen molar-refractivity contribution in [3.8, 4) is 5.88 Å². The van der Waals surface area contributed by atoms with Crippen LogP contribution in [0.2, 0.25) is 0 Å². The maximum atomic E-state index is 4.53. The molecule has 0 unspecified atom stereocenters. The van der Waals surface area contributed by atoms with E-state index in [1.165, 1.54) is 7.11 Å². The third-order valence-electron chi connectivity index (χ3n) is 0.499. The highest BCUT2D eigenvalue weighted by atomic mass is 16.6. The van der Waals surface area contributed by atoms with E-state index >= 15 is 0 Å². The summed E-state index contributed by atoms with van der Waals surface area (Å²) in [5.41, 5.74) is 0. The van der Waals surface area contributed by atoms with Crippen molar-refractivity contribution in [1.29, 1.82) is 0 Å². The number of rotatable bonds is 1. The average molecular weight is 99.1 g/mol. The number of nitrogens with zero attached hydrogens (tertiary/aromatic N) is 2. The van der Waals surface area contributed by atoms with E-state index in [1.54, 1.807) is 0 Å². The van der Waals surface area contributed by atoms with Gasteiger partial charge in [-0.2, -0.15) is 0 Å². The van der Waals surface area contributed by atoms with Gasteiger partial charge in [0.25, 0.3) is 5.88 Å². The first-order chi connectivity index (χ1) is 3.43. The summed E-state index contributed by atoms with van der Waals surface area (Å²) in [4.78, 5) is 0. The molecule has 0 bridgehead atoms. The van der Waals surface area contributed by atoms with Crippen molar-refractivity contribution in [3.05, 3.63) is 6.20 Å². The molecule has 0 fully saturated rings. The molecule has 0 atom stereocenters. The first-order valence-electron chi connectivity index (χ1n) is 1.67. The van der Waals surface area contributed by atoms with Crippen molar-refractivity contribution >= 4 is 0 Å². The normalized spacial score (nSPS) is 8.71. The molecule has 0 aliphatic rings. The lowest BCUT2D eigenvalue weighted by molar-refractivity contribution is 0.281. The summed E-state index contributed by atoms with van der Waals surface area (Å²) in [7, 11) is 1.47. The lowest BCUT2D eigenvalue weighted by Crippen LogP contribution is -1.79. The number of ether oxygens (including phenoxy) is 1. The second-order valence-electron chi connectivity index (χ2n) is 0.885. The highest BCUT2D eigenvalue weighted by Crippen LogP contribution is 1.96. The molecule has 0 aliphatic carbocycles. The largest absolute Gasteiger partial charge is 0.477 e. The van der Waals surface area contributed by atoms with Gasteiger partial charge in [-0.05, 0) is 10.3 Å². The van der Waals surface area contributed by atoms with E-state index in [2.05, 4.69) is 25.9 Å². The Morgan fingerprint density at radius 3 is 3.00 bits per heavy atom. The molecular weight excluding hydrogens is 96.0 g/mol. The highest BCUT2D eigenvalue weighted by molar-refractivity contribution is 4.92. The molecule has 1 heterocycles. The minimum Gasteiger partial charge on any atom is -0.477 e. The molecule has 37 valence electrons. The van der Waals surface area contributed by atoms with Crippen LogP contribution in [0, 0.1) is 6.20 Å². The second-order valence-corrected chi connectivity index (χ2v) is 0.885. The molecule has 0 aliphatic heterocycles. The second kappa shape index (κ2) is 1.59. The van der Waals surface area contributed by atoms with Gasteiger partial charge in [0.05, 0.1) is 7.11 Å². The maximum Gasteiger partial charge on any atom is 0.285 e. The minimum absolute atomic E-state index is 0.278. The molecule has 1 aromatic rings. The van der Waals surface area contributed by atoms with Crippen molar-refractivity contribution in [2.45, 2.75) is 0 Å². The molecule has 1 aromatic heterocycles. The van der Waals surface area contributed by atoms with Gasteiger partial charge < -0.3 is 4.74 Å². The molecule has 0 N–H and O–H groups in total. The molecule has 4 heteroatoms. The maximum absolute atomic E-state index is 4.53. The van der Waals surface area contributed by atoms with Crippen molar-refractivity contribution in [2.75, 3.05) is 7.11 Å². The first kappa shape index (κ1) is 4.11. The molecular formula is C3H3N2O2. The van der Waals surface area contributed by atoms with E-state index in [4.69, 9.17) is 0 Å². The Balaban J connectivity index is 2.76.